The van der Waals surface area contributed by atoms with E-state index in [1.165, 1.54) is 12.1 Å². The number of para-hydroxylation sites is 1. The number of hydrogen-bond acceptors (Lipinski definition) is 2. The summed E-state index contributed by atoms with van der Waals surface area (Å²) in [6, 6.07) is 24.7. The molecular formula is C30H35BrFNO2Si. The molecule has 190 valence electrons. The first kappa shape index (κ1) is 26.8. The van der Waals surface area contributed by atoms with Gasteiger partial charge in [0.25, 0.3) is 0 Å². The number of nitrogens with zero attached hydrogens (tertiary/aromatic N) is 1. The molecule has 3 atom stereocenters. The summed E-state index contributed by atoms with van der Waals surface area (Å²) in [4.78, 5) is 15.4. The molecule has 0 unspecified atom stereocenters. The number of anilines is 1. The van der Waals surface area contributed by atoms with E-state index in [0.717, 1.165) is 21.3 Å². The van der Waals surface area contributed by atoms with Crippen molar-refractivity contribution in [3.63, 3.8) is 0 Å². The van der Waals surface area contributed by atoms with E-state index in [-0.39, 0.29) is 34.8 Å². The Bertz CT molecular complexity index is 1180. The van der Waals surface area contributed by atoms with Gasteiger partial charge in [-0.15, -0.1) is 0 Å². The van der Waals surface area contributed by atoms with Crippen molar-refractivity contribution in [1.82, 2.24) is 0 Å². The van der Waals surface area contributed by atoms with Crippen molar-refractivity contribution in [2.75, 3.05) is 4.90 Å². The fourth-order valence-electron chi connectivity index (χ4n) is 4.58. The normalized spacial score (nSPS) is 19.2. The molecule has 1 heterocycles. The van der Waals surface area contributed by atoms with Crippen molar-refractivity contribution in [2.24, 2.45) is 5.92 Å². The SMILES string of the molecule is CC(C)(C)[Si](C)(C)O[C@@H](CC[C@H]1C(=O)N(c2ccccc2)[C@@H]1c1ccc(Br)cc1)c1ccc(F)cc1. The molecule has 3 aromatic rings. The summed E-state index contributed by atoms with van der Waals surface area (Å²) in [7, 11) is -2.09. The average molecular weight is 569 g/mol. The molecule has 1 fully saturated rings. The van der Waals surface area contributed by atoms with Gasteiger partial charge in [0.1, 0.15) is 5.82 Å². The number of β-lactam (4-membered cyclic amide) rings is 1. The third kappa shape index (κ3) is 5.66. The lowest BCUT2D eigenvalue weighted by atomic mass is 9.78. The Labute approximate surface area is 223 Å². The first-order valence-electron chi connectivity index (χ1n) is 12.5. The highest BCUT2D eigenvalue weighted by molar-refractivity contribution is 9.10. The maximum atomic E-state index is 13.7. The number of rotatable bonds is 8. The topological polar surface area (TPSA) is 29.5 Å². The lowest BCUT2D eigenvalue weighted by Gasteiger charge is -2.48. The highest BCUT2D eigenvalue weighted by Crippen LogP contribution is 2.47. The zero-order valence-electron chi connectivity index (χ0n) is 21.7. The highest BCUT2D eigenvalue weighted by Gasteiger charge is 2.49. The van der Waals surface area contributed by atoms with Crippen molar-refractivity contribution in [3.8, 4) is 0 Å². The molecular weight excluding hydrogens is 533 g/mol. The summed E-state index contributed by atoms with van der Waals surface area (Å²) in [6.45, 7) is 11.1. The summed E-state index contributed by atoms with van der Waals surface area (Å²) in [6.07, 6.45) is 1.21. The van der Waals surface area contributed by atoms with Gasteiger partial charge in [-0.25, -0.2) is 4.39 Å². The molecule has 0 aliphatic carbocycles. The summed E-state index contributed by atoms with van der Waals surface area (Å²) >= 11 is 3.53. The number of benzene rings is 3. The molecule has 1 saturated heterocycles. The first-order valence-corrected chi connectivity index (χ1v) is 16.2. The van der Waals surface area contributed by atoms with E-state index in [2.05, 4.69) is 61.9 Å². The van der Waals surface area contributed by atoms with Crippen molar-refractivity contribution in [2.45, 2.75) is 63.9 Å². The molecule has 3 aromatic carbocycles. The molecule has 1 aliphatic rings. The Kier molecular flexibility index (Phi) is 7.88. The summed E-state index contributed by atoms with van der Waals surface area (Å²) in [5.41, 5.74) is 3.00. The Morgan fingerprint density at radius 1 is 0.972 bits per heavy atom. The smallest absolute Gasteiger partial charge is 0.233 e. The van der Waals surface area contributed by atoms with Crippen LogP contribution < -0.4 is 4.90 Å². The van der Waals surface area contributed by atoms with Crippen molar-refractivity contribution in [3.05, 3.63) is 100 Å². The average Bonchev–Trinajstić information content (AvgIpc) is 2.83. The summed E-state index contributed by atoms with van der Waals surface area (Å²) < 4.78 is 21.5. The number of carbonyl (C=O) groups excluding carboxylic acids is 1. The van der Waals surface area contributed by atoms with Gasteiger partial charge < -0.3 is 9.33 Å². The Morgan fingerprint density at radius 2 is 1.58 bits per heavy atom. The number of amides is 1. The van der Waals surface area contributed by atoms with Gasteiger partial charge >= 0.3 is 0 Å². The monoisotopic (exact) mass is 567 g/mol. The maximum absolute atomic E-state index is 13.7. The van der Waals surface area contributed by atoms with Crippen LogP contribution in [0.25, 0.3) is 0 Å². The van der Waals surface area contributed by atoms with Crippen LogP contribution in [0.4, 0.5) is 10.1 Å². The molecule has 0 spiro atoms. The van der Waals surface area contributed by atoms with Crippen LogP contribution in [0.1, 0.15) is 56.9 Å². The molecule has 3 nitrogen and oxygen atoms in total. The maximum Gasteiger partial charge on any atom is 0.233 e. The highest BCUT2D eigenvalue weighted by atomic mass is 79.9. The standard InChI is InChI=1S/C30H35BrFNO2Si/c1-30(2,3)36(4,5)35-27(21-13-17-24(32)18-14-21)20-19-26-28(22-11-15-23(31)16-12-22)33(29(26)34)25-9-7-6-8-10-25/h6-18,26-28H,19-20H2,1-5H3/t26-,27+,28-/m1/s1. The lowest BCUT2D eigenvalue weighted by Crippen LogP contribution is -2.55. The summed E-state index contributed by atoms with van der Waals surface area (Å²) in [5, 5.41) is 0.0433. The Hall–Kier alpha value is -2.28. The van der Waals surface area contributed by atoms with Gasteiger partial charge in [-0.3, -0.25) is 4.79 Å². The first-order chi connectivity index (χ1) is 17.0. The molecule has 4 rings (SSSR count). The van der Waals surface area contributed by atoms with E-state index in [0.29, 0.717) is 12.8 Å². The molecule has 0 radical (unpaired) electrons. The van der Waals surface area contributed by atoms with Crippen molar-refractivity contribution < 1.29 is 13.6 Å². The van der Waals surface area contributed by atoms with Crippen LogP contribution in [0, 0.1) is 11.7 Å². The molecule has 36 heavy (non-hydrogen) atoms. The van der Waals surface area contributed by atoms with E-state index < -0.39 is 8.32 Å². The number of hydrogen-bond donors (Lipinski definition) is 0. The van der Waals surface area contributed by atoms with Crippen LogP contribution in [-0.4, -0.2) is 14.2 Å². The fraction of sp³-hybridized carbons (Fsp3) is 0.367. The van der Waals surface area contributed by atoms with Gasteiger partial charge in [0.05, 0.1) is 18.1 Å². The van der Waals surface area contributed by atoms with Gasteiger partial charge in [0.2, 0.25) is 5.91 Å². The zero-order valence-corrected chi connectivity index (χ0v) is 24.3. The van der Waals surface area contributed by atoms with Gasteiger partial charge in [-0.2, -0.15) is 0 Å². The van der Waals surface area contributed by atoms with Gasteiger partial charge in [0.15, 0.2) is 8.32 Å². The van der Waals surface area contributed by atoms with Crippen LogP contribution in [0.3, 0.4) is 0 Å². The van der Waals surface area contributed by atoms with Crippen LogP contribution in [0.2, 0.25) is 18.1 Å². The minimum absolute atomic E-state index is 0.0326. The fourth-order valence-corrected chi connectivity index (χ4v) is 6.17. The van der Waals surface area contributed by atoms with Crippen LogP contribution in [-0.2, 0) is 9.22 Å². The second-order valence-corrected chi connectivity index (χ2v) is 16.8. The molecule has 1 aliphatic heterocycles. The third-order valence-electron chi connectivity index (χ3n) is 7.68. The third-order valence-corrected chi connectivity index (χ3v) is 12.7. The second-order valence-electron chi connectivity index (χ2n) is 11.1. The minimum atomic E-state index is -2.09. The minimum Gasteiger partial charge on any atom is -0.410 e. The van der Waals surface area contributed by atoms with E-state index >= 15 is 0 Å². The number of halogens is 2. The van der Waals surface area contributed by atoms with E-state index in [4.69, 9.17) is 4.43 Å². The Balaban J connectivity index is 1.60. The summed E-state index contributed by atoms with van der Waals surface area (Å²) in [5.74, 6) is -0.260. The van der Waals surface area contributed by atoms with Crippen LogP contribution >= 0.6 is 15.9 Å². The van der Waals surface area contributed by atoms with Gasteiger partial charge in [0, 0.05) is 10.2 Å². The molecule has 6 heteroatoms. The van der Waals surface area contributed by atoms with Crippen LogP contribution in [0.15, 0.2) is 83.3 Å². The molecule has 0 bridgehead atoms. The largest absolute Gasteiger partial charge is 0.410 e. The quantitative estimate of drug-likeness (QED) is 0.201. The molecule has 0 N–H and O–H groups in total. The van der Waals surface area contributed by atoms with Crippen molar-refractivity contribution >= 4 is 35.8 Å². The molecule has 0 saturated carbocycles. The van der Waals surface area contributed by atoms with E-state index in [1.54, 1.807) is 0 Å². The lowest BCUT2D eigenvalue weighted by molar-refractivity contribution is -0.131. The molecule has 1 amide bonds. The van der Waals surface area contributed by atoms with E-state index in [1.807, 2.05) is 59.5 Å². The van der Waals surface area contributed by atoms with E-state index in [9.17, 15) is 9.18 Å². The van der Waals surface area contributed by atoms with Crippen LogP contribution in [0.5, 0.6) is 0 Å². The van der Waals surface area contributed by atoms with Gasteiger partial charge in [-0.1, -0.05) is 79.2 Å². The second kappa shape index (κ2) is 10.6. The predicted molar refractivity (Wildman–Crippen MR) is 151 cm³/mol. The van der Waals surface area contributed by atoms with Gasteiger partial charge in [-0.05, 0) is 78.5 Å². The van der Waals surface area contributed by atoms with Crippen molar-refractivity contribution in [1.29, 1.82) is 0 Å². The molecule has 0 aromatic heterocycles. The Morgan fingerprint density at radius 3 is 2.17 bits per heavy atom. The zero-order chi connectivity index (χ0) is 26.1. The number of carbonyl (C=O) groups is 1. The predicted octanol–water partition coefficient (Wildman–Crippen LogP) is 8.84.